The van der Waals surface area contributed by atoms with Crippen LogP contribution in [-0.4, -0.2) is 31.1 Å². The molecule has 1 N–H and O–H groups in total. The van der Waals surface area contributed by atoms with Gasteiger partial charge in [-0.3, -0.25) is 19.2 Å². The summed E-state index contributed by atoms with van der Waals surface area (Å²) in [7, 11) is 1.59. The van der Waals surface area contributed by atoms with Crippen molar-refractivity contribution in [3.63, 3.8) is 0 Å². The maximum absolute atomic E-state index is 13.9. The molecule has 3 amide bonds. The molecule has 0 saturated carbocycles. The number of para-hydroxylation sites is 1. The number of fused-ring (bicyclic) bond motifs is 4. The Labute approximate surface area is 266 Å². The van der Waals surface area contributed by atoms with Crippen LogP contribution >= 0.6 is 0 Å². The first kappa shape index (κ1) is 25.9. The number of imide groups is 1. The molecular formula is C41H22N2O4. The van der Waals surface area contributed by atoms with Gasteiger partial charge in [-0.2, -0.15) is 0 Å². The topological polar surface area (TPSA) is 83.6 Å². The third-order valence-electron chi connectivity index (χ3n) is 10.2. The zero-order valence-electron chi connectivity index (χ0n) is 25.0. The lowest BCUT2D eigenvalue weighted by Crippen LogP contribution is -2.40. The summed E-state index contributed by atoms with van der Waals surface area (Å²) in [5.41, 5.74) is 2.51. The van der Waals surface area contributed by atoms with Crippen LogP contribution in [-0.2, 0) is 0 Å². The van der Waals surface area contributed by atoms with Gasteiger partial charge in [0, 0.05) is 40.1 Å². The second-order valence-corrected chi connectivity index (χ2v) is 12.2. The fraction of sp³-hybridized carbons (Fsp3) is 0.0244. The Morgan fingerprint density at radius 1 is 0.532 bits per heavy atom. The van der Waals surface area contributed by atoms with Crippen molar-refractivity contribution in [1.29, 1.82) is 0 Å². The van der Waals surface area contributed by atoms with Gasteiger partial charge in [0.15, 0.2) is 6.29 Å². The van der Waals surface area contributed by atoms with Gasteiger partial charge in [0.25, 0.3) is 17.7 Å². The number of nitrogens with zero attached hydrogens (tertiary/aromatic N) is 1. The predicted molar refractivity (Wildman–Crippen MR) is 188 cm³/mol. The van der Waals surface area contributed by atoms with E-state index in [1.807, 2.05) is 54.6 Å². The van der Waals surface area contributed by atoms with Crippen LogP contribution in [0.1, 0.15) is 41.4 Å². The van der Waals surface area contributed by atoms with E-state index in [4.69, 9.17) is 0 Å². The molecule has 9 aromatic carbocycles. The molecular weight excluding hydrogens is 584 g/mol. The molecule has 220 valence electrons. The van der Waals surface area contributed by atoms with Gasteiger partial charge in [0.05, 0.1) is 5.69 Å². The molecule has 0 fully saturated rings. The number of nitrogens with one attached hydrogen (secondary N) is 1. The lowest BCUT2D eigenvalue weighted by Gasteiger charge is -2.28. The highest BCUT2D eigenvalue weighted by atomic mass is 16.2. The highest BCUT2D eigenvalue weighted by Gasteiger charge is 2.35. The maximum atomic E-state index is 13.9. The molecule has 1 aliphatic heterocycles. The molecule has 9 aromatic rings. The van der Waals surface area contributed by atoms with Crippen LogP contribution in [0.3, 0.4) is 0 Å². The number of amides is 3. The van der Waals surface area contributed by atoms with Crippen molar-refractivity contribution in [2.75, 3.05) is 11.9 Å². The fourth-order valence-electron chi connectivity index (χ4n) is 8.23. The van der Waals surface area contributed by atoms with Crippen LogP contribution in [0.4, 0.5) is 5.69 Å². The largest absolute Gasteiger partial charge is 0.355 e. The minimum absolute atomic E-state index is 0.242. The molecule has 0 spiro atoms. The first-order valence-electron chi connectivity index (χ1n) is 15.4. The van der Waals surface area contributed by atoms with E-state index in [-0.39, 0.29) is 17.7 Å². The first-order chi connectivity index (χ1) is 23.0. The number of rotatable bonds is 3. The van der Waals surface area contributed by atoms with E-state index in [1.54, 1.807) is 31.3 Å². The zero-order chi connectivity index (χ0) is 31.7. The Hall–Kier alpha value is -6.40. The van der Waals surface area contributed by atoms with Crippen LogP contribution in [0.25, 0.3) is 75.4 Å². The summed E-state index contributed by atoms with van der Waals surface area (Å²) in [5, 5.41) is 16.1. The van der Waals surface area contributed by atoms with Crippen molar-refractivity contribution in [2.45, 2.75) is 0 Å². The molecule has 0 saturated heterocycles. The number of carbonyl (C=O) groups excluding carboxylic acids is 4. The average Bonchev–Trinajstić information content (AvgIpc) is 3.12. The van der Waals surface area contributed by atoms with Gasteiger partial charge < -0.3 is 5.32 Å². The molecule has 47 heavy (non-hydrogen) atoms. The van der Waals surface area contributed by atoms with E-state index in [1.165, 1.54) is 4.90 Å². The molecule has 6 heteroatoms. The highest BCUT2D eigenvalue weighted by Crippen LogP contribution is 2.49. The molecule has 0 aromatic heterocycles. The van der Waals surface area contributed by atoms with E-state index in [0.29, 0.717) is 38.7 Å². The number of hydrogen-bond acceptors (Lipinski definition) is 4. The Bertz CT molecular complexity index is 2790. The lowest BCUT2D eigenvalue weighted by molar-refractivity contribution is 0.0891. The van der Waals surface area contributed by atoms with Crippen LogP contribution in [0.15, 0.2) is 103 Å². The molecule has 0 atom stereocenters. The smallest absolute Gasteiger partial charge is 0.265 e. The summed E-state index contributed by atoms with van der Waals surface area (Å²) in [4.78, 5) is 54.2. The van der Waals surface area contributed by atoms with Gasteiger partial charge in [0.1, 0.15) is 0 Å². The SMILES string of the molecule is CNC(=O)c1ccc2c3ccc4c5ccc6c7c(ccc(c8ccc(c9ccc(C=O)c1c92)c3c84)c75)C(=O)N(c1ccccc1)C6=O. The quantitative estimate of drug-likeness (QED) is 0.0945. The molecule has 0 aliphatic carbocycles. The van der Waals surface area contributed by atoms with E-state index < -0.39 is 0 Å². The lowest BCUT2D eigenvalue weighted by atomic mass is 9.81. The number of hydrogen-bond donors (Lipinski definition) is 1. The monoisotopic (exact) mass is 606 g/mol. The Kier molecular flexibility index (Phi) is 4.88. The first-order valence-corrected chi connectivity index (χ1v) is 15.4. The van der Waals surface area contributed by atoms with E-state index in [0.717, 1.165) is 70.9 Å². The van der Waals surface area contributed by atoms with Gasteiger partial charge in [-0.15, -0.1) is 0 Å². The molecule has 0 unspecified atom stereocenters. The van der Waals surface area contributed by atoms with Crippen molar-refractivity contribution in [1.82, 2.24) is 5.32 Å². The minimum Gasteiger partial charge on any atom is -0.355 e. The van der Waals surface area contributed by atoms with Crippen molar-refractivity contribution in [3.8, 4) is 0 Å². The predicted octanol–water partition coefficient (Wildman–Crippen LogP) is 8.61. The minimum atomic E-state index is -0.330. The van der Waals surface area contributed by atoms with E-state index in [9.17, 15) is 19.2 Å². The molecule has 6 nitrogen and oxygen atoms in total. The number of anilines is 1. The fourth-order valence-corrected chi connectivity index (χ4v) is 8.23. The Morgan fingerprint density at radius 3 is 1.45 bits per heavy atom. The Morgan fingerprint density at radius 2 is 0.957 bits per heavy atom. The zero-order valence-corrected chi connectivity index (χ0v) is 25.0. The van der Waals surface area contributed by atoms with Gasteiger partial charge in [0.2, 0.25) is 0 Å². The van der Waals surface area contributed by atoms with Crippen molar-refractivity contribution < 1.29 is 19.2 Å². The van der Waals surface area contributed by atoms with Gasteiger partial charge in [-0.1, -0.05) is 72.8 Å². The maximum Gasteiger partial charge on any atom is 0.265 e. The summed E-state index contributed by atoms with van der Waals surface area (Å²) in [6, 6.07) is 32.8. The summed E-state index contributed by atoms with van der Waals surface area (Å²) in [5.74, 6) is -0.902. The summed E-state index contributed by atoms with van der Waals surface area (Å²) < 4.78 is 0. The normalized spacial score (nSPS) is 13.4. The van der Waals surface area contributed by atoms with Gasteiger partial charge in [-0.25, -0.2) is 4.90 Å². The molecule has 1 aliphatic rings. The molecule has 0 radical (unpaired) electrons. The van der Waals surface area contributed by atoms with Crippen LogP contribution in [0.5, 0.6) is 0 Å². The highest BCUT2D eigenvalue weighted by molar-refractivity contribution is 6.46. The van der Waals surface area contributed by atoms with E-state index >= 15 is 0 Å². The van der Waals surface area contributed by atoms with Crippen molar-refractivity contribution in [2.24, 2.45) is 0 Å². The van der Waals surface area contributed by atoms with Crippen molar-refractivity contribution in [3.05, 3.63) is 125 Å². The third-order valence-corrected chi connectivity index (χ3v) is 10.2. The van der Waals surface area contributed by atoms with Gasteiger partial charge in [-0.05, 0) is 95.0 Å². The summed E-state index contributed by atoms with van der Waals surface area (Å²) in [6.07, 6.45) is 0.814. The van der Waals surface area contributed by atoms with Crippen LogP contribution in [0, 0.1) is 0 Å². The molecule has 0 bridgehead atoms. The standard InChI is InChI=1S/C41H22N2O4/c1-42-39(45)30-16-13-23-25-10-12-27-29-15-18-32-38-31(40(46)43(41(32)47)21-5-3-2-4-6-21)17-14-28(37(29)38)26-11-9-24(35(25)36(26)27)22-8-7-20(19-44)33(30)34(22)23/h2-19H,1H3,(H,42,45). The second kappa shape index (κ2) is 8.86. The second-order valence-electron chi connectivity index (χ2n) is 12.2. The van der Waals surface area contributed by atoms with Crippen molar-refractivity contribution >= 4 is 105 Å². The molecule has 1 heterocycles. The van der Waals surface area contributed by atoms with Crippen LogP contribution in [0.2, 0.25) is 0 Å². The number of aldehydes is 1. The average molecular weight is 607 g/mol. The number of benzene rings is 9. The summed E-state index contributed by atoms with van der Waals surface area (Å²) in [6.45, 7) is 0. The number of carbonyl (C=O) groups is 4. The summed E-state index contributed by atoms with van der Waals surface area (Å²) >= 11 is 0. The van der Waals surface area contributed by atoms with Crippen LogP contribution < -0.4 is 10.2 Å². The Balaban J connectivity index is 1.35. The molecule has 10 rings (SSSR count). The third kappa shape index (κ3) is 3.04. The van der Waals surface area contributed by atoms with Gasteiger partial charge >= 0.3 is 0 Å². The van der Waals surface area contributed by atoms with E-state index in [2.05, 4.69) is 29.6 Å².